The van der Waals surface area contributed by atoms with E-state index in [1.54, 1.807) is 6.07 Å². The van der Waals surface area contributed by atoms with E-state index in [1.165, 1.54) is 12.1 Å². The van der Waals surface area contributed by atoms with Gasteiger partial charge in [0.2, 0.25) is 0 Å². The Morgan fingerprint density at radius 2 is 1.94 bits per heavy atom. The van der Waals surface area contributed by atoms with Gasteiger partial charge in [0.15, 0.2) is 0 Å². The van der Waals surface area contributed by atoms with Gasteiger partial charge in [0.25, 0.3) is 0 Å². The van der Waals surface area contributed by atoms with Gasteiger partial charge < -0.3 is 4.90 Å². The molecule has 0 aliphatic carbocycles. The normalized spacial score (nSPS) is 17.0. The Morgan fingerprint density at radius 3 is 2.50 bits per heavy atom. The van der Waals surface area contributed by atoms with Gasteiger partial charge in [-0.15, -0.1) is 12.4 Å². The molecule has 1 aliphatic rings. The summed E-state index contributed by atoms with van der Waals surface area (Å²) in [6.07, 6.45) is -1.46. The highest BCUT2D eigenvalue weighted by atomic mass is 35.5. The molecule has 1 aromatic carbocycles. The molecular weight excluding hydrogens is 263 g/mol. The van der Waals surface area contributed by atoms with E-state index in [1.807, 2.05) is 13.1 Å². The lowest BCUT2D eigenvalue weighted by Gasteiger charge is -2.22. The molecule has 0 amide bonds. The van der Waals surface area contributed by atoms with Gasteiger partial charge in [-0.1, -0.05) is 18.2 Å². The molecule has 0 spiro atoms. The molecule has 18 heavy (non-hydrogen) atoms. The third-order valence-corrected chi connectivity index (χ3v) is 2.97. The van der Waals surface area contributed by atoms with Gasteiger partial charge in [-0.05, 0) is 36.7 Å². The number of alkyl halides is 3. The molecule has 1 aliphatic heterocycles. The maximum absolute atomic E-state index is 12.6. The lowest BCUT2D eigenvalue weighted by Crippen LogP contribution is -2.23. The maximum atomic E-state index is 12.6. The Morgan fingerprint density at radius 1 is 1.22 bits per heavy atom. The van der Waals surface area contributed by atoms with Crippen molar-refractivity contribution in [3.63, 3.8) is 0 Å². The second-order valence-corrected chi connectivity index (χ2v) is 4.32. The summed E-state index contributed by atoms with van der Waals surface area (Å²) in [7, 11) is 2.00. The summed E-state index contributed by atoms with van der Waals surface area (Å²) in [5, 5.41) is 0. The van der Waals surface area contributed by atoms with E-state index in [0.717, 1.165) is 31.1 Å². The van der Waals surface area contributed by atoms with Crippen molar-refractivity contribution in [3.8, 4) is 0 Å². The summed E-state index contributed by atoms with van der Waals surface area (Å²) < 4.78 is 37.7. The molecule has 0 saturated carbocycles. The second kappa shape index (κ2) is 5.76. The topological polar surface area (TPSA) is 3.24 Å². The van der Waals surface area contributed by atoms with Gasteiger partial charge in [-0.25, -0.2) is 0 Å². The SMILES string of the molecule is CN1CC=C(c2cccc(C(F)(F)F)c2)CC1.Cl. The number of hydrogen-bond donors (Lipinski definition) is 0. The number of halogens is 4. The molecule has 0 N–H and O–H groups in total. The summed E-state index contributed by atoms with van der Waals surface area (Å²) in [6, 6.07) is 5.56. The molecule has 100 valence electrons. The Kier molecular flexibility index (Phi) is 4.82. The first-order valence-electron chi connectivity index (χ1n) is 5.52. The lowest BCUT2D eigenvalue weighted by atomic mass is 9.98. The molecule has 2 rings (SSSR count). The van der Waals surface area contributed by atoms with Crippen LogP contribution in [0.15, 0.2) is 30.3 Å². The zero-order valence-electron chi connectivity index (χ0n) is 10.00. The minimum atomic E-state index is -4.26. The third-order valence-electron chi connectivity index (χ3n) is 2.97. The van der Waals surface area contributed by atoms with Crippen molar-refractivity contribution >= 4 is 18.0 Å². The smallest absolute Gasteiger partial charge is 0.302 e. The molecule has 0 fully saturated rings. The average molecular weight is 278 g/mol. The summed E-state index contributed by atoms with van der Waals surface area (Å²) >= 11 is 0. The van der Waals surface area contributed by atoms with Crippen molar-refractivity contribution < 1.29 is 13.2 Å². The Balaban J connectivity index is 0.00000162. The second-order valence-electron chi connectivity index (χ2n) is 4.32. The highest BCUT2D eigenvalue weighted by Crippen LogP contribution is 2.32. The third kappa shape index (κ3) is 3.50. The highest BCUT2D eigenvalue weighted by molar-refractivity contribution is 5.85. The van der Waals surface area contributed by atoms with Crippen molar-refractivity contribution in [1.29, 1.82) is 0 Å². The molecule has 0 bridgehead atoms. The fraction of sp³-hybridized carbons (Fsp3) is 0.385. The zero-order chi connectivity index (χ0) is 12.5. The molecule has 0 aromatic heterocycles. The standard InChI is InChI=1S/C13H14F3N.ClH/c1-17-7-5-10(6-8-17)11-3-2-4-12(9-11)13(14,15)16;/h2-5,9H,6-8H2,1H3;1H. The van der Waals surface area contributed by atoms with Crippen molar-refractivity contribution in [3.05, 3.63) is 41.5 Å². The van der Waals surface area contributed by atoms with E-state index >= 15 is 0 Å². The van der Waals surface area contributed by atoms with Crippen LogP contribution in [0.1, 0.15) is 17.5 Å². The molecule has 0 unspecified atom stereocenters. The minimum absolute atomic E-state index is 0. The van der Waals surface area contributed by atoms with Crippen LogP contribution in [0, 0.1) is 0 Å². The van der Waals surface area contributed by atoms with Gasteiger partial charge in [0, 0.05) is 13.1 Å². The summed E-state index contributed by atoms with van der Waals surface area (Å²) in [6.45, 7) is 1.69. The molecule has 5 heteroatoms. The van der Waals surface area contributed by atoms with E-state index in [-0.39, 0.29) is 12.4 Å². The van der Waals surface area contributed by atoms with Gasteiger partial charge in [-0.2, -0.15) is 13.2 Å². The number of rotatable bonds is 1. The number of benzene rings is 1. The molecule has 0 radical (unpaired) electrons. The van der Waals surface area contributed by atoms with E-state index < -0.39 is 11.7 Å². The Labute approximate surface area is 111 Å². The highest BCUT2D eigenvalue weighted by Gasteiger charge is 2.30. The van der Waals surface area contributed by atoms with Crippen LogP contribution in [0.3, 0.4) is 0 Å². The average Bonchev–Trinajstić information content (AvgIpc) is 2.29. The van der Waals surface area contributed by atoms with Crippen LogP contribution in [0.5, 0.6) is 0 Å². The first-order valence-corrected chi connectivity index (χ1v) is 5.52. The van der Waals surface area contributed by atoms with Crippen LogP contribution in [0.4, 0.5) is 13.2 Å². The predicted octanol–water partition coefficient (Wildman–Crippen LogP) is 3.85. The summed E-state index contributed by atoms with van der Waals surface area (Å²) in [4.78, 5) is 2.14. The first-order chi connectivity index (χ1) is 7.97. The molecule has 1 nitrogen and oxygen atoms in total. The van der Waals surface area contributed by atoms with Crippen molar-refractivity contribution in [2.75, 3.05) is 20.1 Å². The number of likely N-dealkylation sites (N-methyl/N-ethyl adjacent to an activating group) is 1. The van der Waals surface area contributed by atoms with Crippen LogP contribution in [-0.2, 0) is 6.18 Å². The lowest BCUT2D eigenvalue weighted by molar-refractivity contribution is -0.137. The first kappa shape index (κ1) is 15.1. The molecular formula is C13H15ClF3N. The number of hydrogen-bond acceptors (Lipinski definition) is 1. The molecule has 0 saturated heterocycles. The zero-order valence-corrected chi connectivity index (χ0v) is 10.8. The van der Waals surface area contributed by atoms with Crippen LogP contribution in [0.25, 0.3) is 5.57 Å². The summed E-state index contributed by atoms with van der Waals surface area (Å²) in [5.74, 6) is 0. The van der Waals surface area contributed by atoms with Crippen LogP contribution >= 0.6 is 12.4 Å². The number of nitrogens with zero attached hydrogens (tertiary/aromatic N) is 1. The molecule has 1 heterocycles. The van der Waals surface area contributed by atoms with Gasteiger partial charge in [0.05, 0.1) is 5.56 Å². The monoisotopic (exact) mass is 277 g/mol. The van der Waals surface area contributed by atoms with E-state index in [4.69, 9.17) is 0 Å². The van der Waals surface area contributed by atoms with E-state index in [0.29, 0.717) is 5.56 Å². The predicted molar refractivity (Wildman–Crippen MR) is 68.8 cm³/mol. The van der Waals surface area contributed by atoms with Crippen molar-refractivity contribution in [2.24, 2.45) is 0 Å². The maximum Gasteiger partial charge on any atom is 0.416 e. The fourth-order valence-corrected chi connectivity index (χ4v) is 1.93. The van der Waals surface area contributed by atoms with E-state index in [2.05, 4.69) is 4.90 Å². The molecule has 1 aromatic rings. The van der Waals surface area contributed by atoms with Crippen LogP contribution in [-0.4, -0.2) is 25.0 Å². The Bertz CT molecular complexity index is 440. The van der Waals surface area contributed by atoms with Crippen LogP contribution < -0.4 is 0 Å². The van der Waals surface area contributed by atoms with Crippen molar-refractivity contribution in [2.45, 2.75) is 12.6 Å². The van der Waals surface area contributed by atoms with E-state index in [9.17, 15) is 13.2 Å². The minimum Gasteiger partial charge on any atom is -0.302 e. The van der Waals surface area contributed by atoms with Crippen LogP contribution in [0.2, 0.25) is 0 Å². The molecule has 0 atom stereocenters. The van der Waals surface area contributed by atoms with Gasteiger partial charge in [-0.3, -0.25) is 0 Å². The van der Waals surface area contributed by atoms with Gasteiger partial charge in [0.1, 0.15) is 0 Å². The van der Waals surface area contributed by atoms with Crippen molar-refractivity contribution in [1.82, 2.24) is 4.90 Å². The fourth-order valence-electron chi connectivity index (χ4n) is 1.93. The Hall–Kier alpha value is -1.00. The largest absolute Gasteiger partial charge is 0.416 e. The summed E-state index contributed by atoms with van der Waals surface area (Å²) in [5.41, 5.74) is 1.12. The quantitative estimate of drug-likeness (QED) is 0.754. The van der Waals surface area contributed by atoms with Gasteiger partial charge >= 0.3 is 6.18 Å².